The Kier molecular flexibility index (Phi) is 3.49. The number of rotatable bonds is 2. The maximum atomic E-state index is 12.4. The summed E-state index contributed by atoms with van der Waals surface area (Å²) in [5, 5.41) is -0.869. The van der Waals surface area contributed by atoms with Gasteiger partial charge < -0.3 is 4.98 Å². The zero-order valence-corrected chi connectivity index (χ0v) is 10.8. The minimum Gasteiger partial charge on any atom is -0.342 e. The SMILES string of the molecule is CCc1nc(=S)cc(-c2cnc(C(F)(F)F)s2)[nH]1. The van der Waals surface area contributed by atoms with E-state index < -0.39 is 11.2 Å². The Morgan fingerprint density at radius 1 is 1.44 bits per heavy atom. The summed E-state index contributed by atoms with van der Waals surface area (Å²) in [5.74, 6) is 0.638. The van der Waals surface area contributed by atoms with Crippen molar-refractivity contribution < 1.29 is 13.2 Å². The number of alkyl halides is 3. The van der Waals surface area contributed by atoms with Gasteiger partial charge in [0.25, 0.3) is 0 Å². The fraction of sp³-hybridized carbons (Fsp3) is 0.300. The van der Waals surface area contributed by atoms with E-state index in [9.17, 15) is 13.2 Å². The second-order valence-corrected chi connectivity index (χ2v) is 4.91. The highest BCUT2D eigenvalue weighted by Crippen LogP contribution is 2.35. The highest BCUT2D eigenvalue weighted by atomic mass is 32.1. The molecular weight excluding hydrogens is 283 g/mol. The lowest BCUT2D eigenvalue weighted by Crippen LogP contribution is -2.02. The van der Waals surface area contributed by atoms with Gasteiger partial charge >= 0.3 is 6.18 Å². The van der Waals surface area contributed by atoms with Crippen LogP contribution in [0.3, 0.4) is 0 Å². The van der Waals surface area contributed by atoms with Gasteiger partial charge in [-0.05, 0) is 6.07 Å². The monoisotopic (exact) mass is 291 g/mol. The average Bonchev–Trinajstić information content (AvgIpc) is 2.77. The van der Waals surface area contributed by atoms with E-state index in [4.69, 9.17) is 12.2 Å². The summed E-state index contributed by atoms with van der Waals surface area (Å²) >= 11 is 5.54. The fourth-order valence-electron chi connectivity index (χ4n) is 1.34. The summed E-state index contributed by atoms with van der Waals surface area (Å²) in [7, 11) is 0. The molecule has 0 aromatic carbocycles. The van der Waals surface area contributed by atoms with Crippen molar-refractivity contribution in [3.8, 4) is 10.6 Å². The van der Waals surface area contributed by atoms with Crippen molar-refractivity contribution in [2.45, 2.75) is 19.5 Å². The van der Waals surface area contributed by atoms with Gasteiger partial charge in [-0.15, -0.1) is 11.3 Å². The van der Waals surface area contributed by atoms with E-state index in [2.05, 4.69) is 15.0 Å². The van der Waals surface area contributed by atoms with Crippen molar-refractivity contribution in [3.05, 3.63) is 27.7 Å². The Morgan fingerprint density at radius 2 is 2.17 bits per heavy atom. The largest absolute Gasteiger partial charge is 0.443 e. The highest BCUT2D eigenvalue weighted by molar-refractivity contribution is 7.71. The van der Waals surface area contributed by atoms with E-state index in [0.717, 1.165) is 0 Å². The topological polar surface area (TPSA) is 41.6 Å². The maximum absolute atomic E-state index is 12.4. The number of aryl methyl sites for hydroxylation is 1. The van der Waals surface area contributed by atoms with Crippen LogP contribution in [-0.2, 0) is 12.6 Å². The normalized spacial score (nSPS) is 11.8. The van der Waals surface area contributed by atoms with Crippen LogP contribution in [0.1, 0.15) is 17.8 Å². The van der Waals surface area contributed by atoms with Crippen LogP contribution in [0.2, 0.25) is 0 Å². The number of hydrogen-bond donors (Lipinski definition) is 1. The van der Waals surface area contributed by atoms with Gasteiger partial charge in [0.1, 0.15) is 10.5 Å². The Balaban J connectivity index is 2.46. The third-order valence-electron chi connectivity index (χ3n) is 2.14. The van der Waals surface area contributed by atoms with E-state index in [1.165, 1.54) is 12.3 Å². The Morgan fingerprint density at radius 3 is 2.72 bits per heavy atom. The number of halogens is 3. The van der Waals surface area contributed by atoms with Gasteiger partial charge in [-0.1, -0.05) is 19.1 Å². The third-order valence-corrected chi connectivity index (χ3v) is 3.43. The quantitative estimate of drug-likeness (QED) is 0.855. The molecule has 0 bridgehead atoms. The summed E-state index contributed by atoms with van der Waals surface area (Å²) < 4.78 is 37.7. The van der Waals surface area contributed by atoms with E-state index in [1.54, 1.807) is 0 Å². The molecule has 0 spiro atoms. The Hall–Kier alpha value is -1.28. The second kappa shape index (κ2) is 4.77. The van der Waals surface area contributed by atoms with Gasteiger partial charge in [-0.3, -0.25) is 0 Å². The molecule has 2 rings (SSSR count). The maximum Gasteiger partial charge on any atom is 0.443 e. The van der Waals surface area contributed by atoms with Gasteiger partial charge in [0.15, 0.2) is 5.01 Å². The molecule has 3 nitrogen and oxygen atoms in total. The molecular formula is C10H8F3N3S2. The molecule has 0 aliphatic rings. The van der Waals surface area contributed by atoms with Gasteiger partial charge in [0, 0.05) is 12.6 Å². The van der Waals surface area contributed by atoms with Crippen molar-refractivity contribution in [2.24, 2.45) is 0 Å². The number of hydrogen-bond acceptors (Lipinski definition) is 4. The molecule has 0 radical (unpaired) electrons. The predicted molar refractivity (Wildman–Crippen MR) is 64.9 cm³/mol. The zero-order chi connectivity index (χ0) is 13.3. The molecule has 0 atom stereocenters. The first kappa shape index (κ1) is 13.2. The summed E-state index contributed by atoms with van der Waals surface area (Å²) in [6, 6.07) is 1.53. The molecule has 0 aliphatic heterocycles. The predicted octanol–water partition coefficient (Wildman–Crippen LogP) is 3.84. The van der Waals surface area contributed by atoms with Gasteiger partial charge in [0.2, 0.25) is 0 Å². The first-order valence-corrected chi connectivity index (χ1v) is 6.26. The Labute approximate surface area is 110 Å². The minimum absolute atomic E-state index is 0.350. The average molecular weight is 291 g/mol. The van der Waals surface area contributed by atoms with Gasteiger partial charge in [-0.25, -0.2) is 9.97 Å². The number of H-pyrrole nitrogens is 1. The van der Waals surface area contributed by atoms with Gasteiger partial charge in [0.05, 0.1) is 10.6 Å². The molecule has 0 unspecified atom stereocenters. The van der Waals surface area contributed by atoms with Crippen LogP contribution in [0.5, 0.6) is 0 Å². The molecule has 2 aromatic rings. The lowest BCUT2D eigenvalue weighted by atomic mass is 10.3. The molecule has 0 amide bonds. The summed E-state index contributed by atoms with van der Waals surface area (Å²) in [6.07, 6.45) is -2.60. The van der Waals surface area contributed by atoms with Crippen LogP contribution in [0.4, 0.5) is 13.2 Å². The lowest BCUT2D eigenvalue weighted by molar-refractivity contribution is -0.137. The van der Waals surface area contributed by atoms with E-state index >= 15 is 0 Å². The minimum atomic E-state index is -4.42. The highest BCUT2D eigenvalue weighted by Gasteiger charge is 2.34. The number of thiazole rings is 1. The first-order chi connectivity index (χ1) is 8.40. The molecule has 8 heteroatoms. The molecule has 18 heavy (non-hydrogen) atoms. The van der Waals surface area contributed by atoms with Crippen LogP contribution < -0.4 is 0 Å². The van der Waals surface area contributed by atoms with Crippen LogP contribution in [-0.4, -0.2) is 15.0 Å². The van der Waals surface area contributed by atoms with Crippen LogP contribution in [0.25, 0.3) is 10.6 Å². The fourth-order valence-corrected chi connectivity index (χ4v) is 2.32. The molecule has 0 saturated carbocycles. The summed E-state index contributed by atoms with van der Waals surface area (Å²) in [4.78, 5) is 10.8. The van der Waals surface area contributed by atoms with Crippen molar-refractivity contribution in [3.63, 3.8) is 0 Å². The molecule has 0 saturated heterocycles. The molecule has 2 aromatic heterocycles. The van der Waals surface area contributed by atoms with E-state index in [-0.39, 0.29) is 0 Å². The standard InChI is InChI=1S/C10H8F3N3S2/c1-2-7-15-5(3-8(17)16-7)6-4-14-9(18-6)10(11,12)13/h3-4H,2H2,1H3,(H,15,16,17). The summed E-state index contributed by atoms with van der Waals surface area (Å²) in [6.45, 7) is 1.88. The number of aromatic nitrogens is 3. The first-order valence-electron chi connectivity index (χ1n) is 5.04. The molecule has 2 heterocycles. The summed E-state index contributed by atoms with van der Waals surface area (Å²) in [5.41, 5.74) is 0.514. The zero-order valence-electron chi connectivity index (χ0n) is 9.21. The van der Waals surface area contributed by atoms with E-state index in [1.807, 2.05) is 6.92 Å². The van der Waals surface area contributed by atoms with Crippen molar-refractivity contribution in [1.29, 1.82) is 0 Å². The number of nitrogens with zero attached hydrogens (tertiary/aromatic N) is 2. The van der Waals surface area contributed by atoms with Crippen molar-refractivity contribution >= 4 is 23.6 Å². The van der Waals surface area contributed by atoms with Gasteiger partial charge in [-0.2, -0.15) is 13.2 Å². The number of aromatic amines is 1. The third kappa shape index (κ3) is 2.75. The second-order valence-electron chi connectivity index (χ2n) is 3.46. The lowest BCUT2D eigenvalue weighted by Gasteiger charge is -2.02. The smallest absolute Gasteiger partial charge is 0.342 e. The van der Waals surface area contributed by atoms with Crippen LogP contribution in [0.15, 0.2) is 12.3 Å². The van der Waals surface area contributed by atoms with Crippen molar-refractivity contribution in [1.82, 2.24) is 15.0 Å². The molecule has 96 valence electrons. The van der Waals surface area contributed by atoms with Crippen molar-refractivity contribution in [2.75, 3.05) is 0 Å². The van der Waals surface area contributed by atoms with E-state index in [0.29, 0.717) is 38.8 Å². The Bertz CT molecular complexity index is 615. The molecule has 0 fully saturated rings. The van der Waals surface area contributed by atoms with Crippen LogP contribution in [0, 0.1) is 4.64 Å². The number of nitrogens with one attached hydrogen (secondary N) is 1. The van der Waals surface area contributed by atoms with Crippen LogP contribution >= 0.6 is 23.6 Å². The molecule has 1 N–H and O–H groups in total. The molecule has 0 aliphatic carbocycles.